The molecule has 0 saturated carbocycles. The van der Waals surface area contributed by atoms with Crippen LogP contribution >= 0.6 is 25.0 Å². The van der Waals surface area contributed by atoms with Crippen LogP contribution in [0, 0.1) is 0 Å². The topological polar surface area (TPSA) is 3.24 Å². The van der Waals surface area contributed by atoms with Gasteiger partial charge in [0.2, 0.25) is 0 Å². The van der Waals surface area contributed by atoms with E-state index in [4.69, 9.17) is 0 Å². The molecule has 0 saturated heterocycles. The third-order valence-corrected chi connectivity index (χ3v) is 1.89. The molecule has 0 N–H and O–H groups in total. The molecule has 1 atom stereocenters. The fourth-order valence-corrected chi connectivity index (χ4v) is 1.99. The zero-order chi connectivity index (χ0) is 8.31. The van der Waals surface area contributed by atoms with Crippen LogP contribution in [0.1, 0.15) is 34.6 Å². The molecule has 70 valence electrons. The van der Waals surface area contributed by atoms with E-state index in [1.807, 2.05) is 0 Å². The van der Waals surface area contributed by atoms with E-state index < -0.39 is 0 Å². The van der Waals surface area contributed by atoms with Crippen molar-refractivity contribution in [1.82, 2.24) is 4.90 Å². The minimum atomic E-state index is 0. The van der Waals surface area contributed by atoms with Crippen LogP contribution in [0.2, 0.25) is 0 Å². The van der Waals surface area contributed by atoms with Crippen molar-refractivity contribution in [2.24, 2.45) is 0 Å². The molecule has 0 aromatic carbocycles. The summed E-state index contributed by atoms with van der Waals surface area (Å²) < 4.78 is 0. The second-order valence-corrected chi connectivity index (χ2v) is 4.01. The monoisotopic (exact) mass is 197 g/mol. The summed E-state index contributed by atoms with van der Waals surface area (Å²) in [6.45, 7) is 10.9. The van der Waals surface area contributed by atoms with Gasteiger partial charge < -0.3 is 0 Å². The maximum absolute atomic E-state index is 4.40. The molecule has 0 radical (unpaired) electrons. The average molecular weight is 198 g/mol. The zero-order valence-corrected chi connectivity index (χ0v) is 9.75. The van der Waals surface area contributed by atoms with Gasteiger partial charge in [-0.1, -0.05) is 0 Å². The highest BCUT2D eigenvalue weighted by Crippen LogP contribution is 2.12. The van der Waals surface area contributed by atoms with Gasteiger partial charge in [0.05, 0.1) is 5.37 Å². The second-order valence-electron chi connectivity index (χ2n) is 3.27. The summed E-state index contributed by atoms with van der Waals surface area (Å²) in [5.41, 5.74) is 0. The van der Waals surface area contributed by atoms with Crippen LogP contribution in [-0.2, 0) is 0 Å². The molecule has 0 bridgehead atoms. The third kappa shape index (κ3) is 4.94. The molecule has 0 heterocycles. The molecule has 0 aliphatic heterocycles. The van der Waals surface area contributed by atoms with Crippen molar-refractivity contribution in [2.75, 3.05) is 0 Å². The Hall–Kier alpha value is 0.600. The molecule has 0 aromatic heterocycles. The molecule has 0 amide bonds. The predicted molar refractivity (Wildman–Crippen MR) is 57.8 cm³/mol. The Morgan fingerprint density at radius 3 is 1.18 bits per heavy atom. The highest BCUT2D eigenvalue weighted by Gasteiger charge is 2.16. The first-order valence-corrected chi connectivity index (χ1v) is 4.44. The molecular weight excluding hydrogens is 178 g/mol. The van der Waals surface area contributed by atoms with Crippen molar-refractivity contribution in [3.05, 3.63) is 0 Å². The Balaban J connectivity index is 0. The summed E-state index contributed by atoms with van der Waals surface area (Å²) in [5, 5.41) is 0.361. The zero-order valence-electron chi connectivity index (χ0n) is 8.03. The van der Waals surface area contributed by atoms with Gasteiger partial charge in [0.15, 0.2) is 0 Å². The maximum Gasteiger partial charge on any atom is 0.0504 e. The molecule has 3 heteroatoms. The van der Waals surface area contributed by atoms with Gasteiger partial charge in [0, 0.05) is 12.1 Å². The normalized spacial score (nSPS) is 13.9. The lowest BCUT2D eigenvalue weighted by Crippen LogP contribution is -2.40. The first kappa shape index (κ1) is 14.1. The number of halogens is 1. The highest BCUT2D eigenvalue weighted by molar-refractivity contribution is 7.80. The van der Waals surface area contributed by atoms with Crippen molar-refractivity contribution in [1.29, 1.82) is 0 Å². The van der Waals surface area contributed by atoms with Crippen LogP contribution in [0.5, 0.6) is 0 Å². The van der Waals surface area contributed by atoms with E-state index in [2.05, 4.69) is 52.1 Å². The Labute approximate surface area is 82.4 Å². The quantitative estimate of drug-likeness (QED) is 0.538. The van der Waals surface area contributed by atoms with E-state index in [1.54, 1.807) is 0 Å². The van der Waals surface area contributed by atoms with Crippen molar-refractivity contribution in [3.63, 3.8) is 0 Å². The number of hydrogen-bond acceptors (Lipinski definition) is 2. The summed E-state index contributed by atoms with van der Waals surface area (Å²) in [5.74, 6) is 0. The fraction of sp³-hybridized carbons (Fsp3) is 1.00. The van der Waals surface area contributed by atoms with Gasteiger partial charge in [-0.3, -0.25) is 4.90 Å². The van der Waals surface area contributed by atoms with E-state index in [-0.39, 0.29) is 12.4 Å². The van der Waals surface area contributed by atoms with Crippen molar-refractivity contribution < 1.29 is 0 Å². The molecule has 1 unspecified atom stereocenters. The highest BCUT2D eigenvalue weighted by atomic mass is 35.5. The van der Waals surface area contributed by atoms with Gasteiger partial charge >= 0.3 is 0 Å². The minimum absolute atomic E-state index is 0. The van der Waals surface area contributed by atoms with Crippen molar-refractivity contribution in [2.45, 2.75) is 52.1 Å². The van der Waals surface area contributed by atoms with Crippen LogP contribution < -0.4 is 0 Å². The Morgan fingerprint density at radius 1 is 0.909 bits per heavy atom. The van der Waals surface area contributed by atoms with Crippen LogP contribution in [0.25, 0.3) is 0 Å². The molecule has 0 rings (SSSR count). The summed E-state index contributed by atoms with van der Waals surface area (Å²) >= 11 is 4.40. The van der Waals surface area contributed by atoms with Gasteiger partial charge in [-0.25, -0.2) is 0 Å². The summed E-state index contributed by atoms with van der Waals surface area (Å²) in [6.07, 6.45) is 0. The first-order chi connectivity index (χ1) is 4.46. The number of nitrogens with zero attached hydrogens (tertiary/aromatic N) is 1. The van der Waals surface area contributed by atoms with Crippen LogP contribution in [-0.4, -0.2) is 22.4 Å². The molecule has 0 spiro atoms. The van der Waals surface area contributed by atoms with Crippen molar-refractivity contribution >= 4 is 25.0 Å². The van der Waals surface area contributed by atoms with Crippen molar-refractivity contribution in [3.8, 4) is 0 Å². The molecule has 0 aliphatic carbocycles. The largest absolute Gasteiger partial charge is 0.287 e. The molecule has 0 aromatic rings. The van der Waals surface area contributed by atoms with Gasteiger partial charge in [-0.15, -0.1) is 12.4 Å². The standard InChI is InChI=1S/C8H19NS.ClH/c1-6(2)9(7(3)4)8(5)10;/h6-8,10H,1-5H3;1H. The van der Waals surface area contributed by atoms with Gasteiger partial charge in [0.1, 0.15) is 0 Å². The predicted octanol–water partition coefficient (Wildman–Crippen LogP) is 2.80. The average Bonchev–Trinajstić information content (AvgIpc) is 1.59. The Bertz CT molecular complexity index is 75.1. The maximum atomic E-state index is 4.40. The SMILES string of the molecule is CC(C)N(C(C)C)C(C)S.Cl. The number of hydrogen-bond donors (Lipinski definition) is 1. The van der Waals surface area contributed by atoms with Crippen LogP contribution in [0.4, 0.5) is 0 Å². The van der Waals surface area contributed by atoms with E-state index in [1.165, 1.54) is 0 Å². The lowest BCUT2D eigenvalue weighted by Gasteiger charge is -2.33. The summed E-state index contributed by atoms with van der Waals surface area (Å²) in [7, 11) is 0. The first-order valence-electron chi connectivity index (χ1n) is 3.92. The lowest BCUT2D eigenvalue weighted by molar-refractivity contribution is 0.169. The molecule has 11 heavy (non-hydrogen) atoms. The van der Waals surface area contributed by atoms with E-state index >= 15 is 0 Å². The van der Waals surface area contributed by atoms with Crippen LogP contribution in [0.15, 0.2) is 0 Å². The number of thiol groups is 1. The van der Waals surface area contributed by atoms with Gasteiger partial charge in [-0.2, -0.15) is 12.6 Å². The third-order valence-electron chi connectivity index (χ3n) is 1.62. The smallest absolute Gasteiger partial charge is 0.0504 e. The molecule has 0 aliphatic rings. The van der Waals surface area contributed by atoms with E-state index in [9.17, 15) is 0 Å². The van der Waals surface area contributed by atoms with E-state index in [0.29, 0.717) is 17.5 Å². The molecule has 0 fully saturated rings. The molecule has 1 nitrogen and oxygen atoms in total. The summed E-state index contributed by atoms with van der Waals surface area (Å²) in [6, 6.07) is 1.18. The Morgan fingerprint density at radius 2 is 1.18 bits per heavy atom. The minimum Gasteiger partial charge on any atom is -0.287 e. The fourth-order valence-electron chi connectivity index (χ4n) is 1.46. The van der Waals surface area contributed by atoms with Crippen LogP contribution in [0.3, 0.4) is 0 Å². The Kier molecular flexibility index (Phi) is 7.91. The van der Waals surface area contributed by atoms with Gasteiger partial charge in [-0.05, 0) is 34.6 Å². The lowest BCUT2D eigenvalue weighted by atomic mass is 10.2. The van der Waals surface area contributed by atoms with Gasteiger partial charge in [0.25, 0.3) is 0 Å². The molecular formula is C8H20ClNS. The second kappa shape index (κ2) is 6.15. The number of rotatable bonds is 3. The summed E-state index contributed by atoms with van der Waals surface area (Å²) in [4.78, 5) is 2.36. The van der Waals surface area contributed by atoms with E-state index in [0.717, 1.165) is 0 Å².